The van der Waals surface area contributed by atoms with Crippen LogP contribution in [0.15, 0.2) is 53.4 Å². The number of amides is 1. The maximum absolute atomic E-state index is 12.6. The van der Waals surface area contributed by atoms with E-state index in [0.717, 1.165) is 12.8 Å². The number of aryl methyl sites for hydroxylation is 1. The second kappa shape index (κ2) is 6.71. The van der Waals surface area contributed by atoms with Crippen molar-refractivity contribution in [2.75, 3.05) is 7.05 Å². The summed E-state index contributed by atoms with van der Waals surface area (Å²) in [5, 5.41) is 0. The smallest absolute Gasteiger partial charge is 0.288 e. The van der Waals surface area contributed by atoms with E-state index in [9.17, 15) is 13.6 Å². The van der Waals surface area contributed by atoms with Crippen molar-refractivity contribution in [3.05, 3.63) is 65.2 Å². The molecule has 0 bridgehead atoms. The van der Waals surface area contributed by atoms with Crippen molar-refractivity contribution in [3.63, 3.8) is 0 Å². The molecule has 0 fully saturated rings. The highest BCUT2D eigenvalue weighted by molar-refractivity contribution is 7.99. The summed E-state index contributed by atoms with van der Waals surface area (Å²) in [6.07, 6.45) is 1.89. The molecule has 5 heteroatoms. The predicted octanol–water partition coefficient (Wildman–Crippen LogP) is 4.76. The molecule has 1 atom stereocenters. The summed E-state index contributed by atoms with van der Waals surface area (Å²) in [5.74, 6) is -2.53. The first-order valence-corrected chi connectivity index (χ1v) is 8.34. The van der Waals surface area contributed by atoms with Crippen molar-refractivity contribution in [2.24, 2.45) is 0 Å². The molecule has 0 spiro atoms. The van der Waals surface area contributed by atoms with E-state index < -0.39 is 5.76 Å². The lowest BCUT2D eigenvalue weighted by molar-refractivity contribution is 0.0730. The minimum Gasteiger partial charge on any atom is -0.335 e. The highest BCUT2D eigenvalue weighted by atomic mass is 32.2. The summed E-state index contributed by atoms with van der Waals surface area (Å²) in [5.41, 5.74) is 3.02. The molecule has 1 unspecified atom stereocenters. The lowest BCUT2D eigenvalue weighted by atomic mass is 10.1. The van der Waals surface area contributed by atoms with Crippen LogP contribution < -0.4 is 0 Å². The molecule has 2 aromatic carbocycles. The molecule has 0 radical (unpaired) electrons. The Morgan fingerprint density at radius 2 is 1.87 bits per heavy atom. The molecule has 0 saturated heterocycles. The van der Waals surface area contributed by atoms with Crippen molar-refractivity contribution in [2.45, 2.75) is 29.5 Å². The van der Waals surface area contributed by atoms with Gasteiger partial charge in [0, 0.05) is 17.5 Å². The van der Waals surface area contributed by atoms with E-state index in [4.69, 9.17) is 0 Å². The van der Waals surface area contributed by atoms with Crippen LogP contribution in [0.2, 0.25) is 0 Å². The molecular weight excluding hydrogens is 316 g/mol. The largest absolute Gasteiger partial charge is 0.335 e. The second-order valence-corrected chi connectivity index (χ2v) is 6.64. The number of fused-ring (bicyclic) bond motifs is 1. The number of alkyl halides is 2. The van der Waals surface area contributed by atoms with Gasteiger partial charge in [0.2, 0.25) is 0 Å². The molecule has 1 aliphatic carbocycles. The summed E-state index contributed by atoms with van der Waals surface area (Å²) in [7, 11) is 1.80. The van der Waals surface area contributed by atoms with Crippen LogP contribution in [-0.2, 0) is 6.42 Å². The van der Waals surface area contributed by atoms with E-state index in [1.165, 1.54) is 11.1 Å². The number of carbonyl (C=O) groups is 1. The van der Waals surface area contributed by atoms with Gasteiger partial charge in [-0.05, 0) is 48.2 Å². The molecular formula is C18H17F2NOS. The SMILES string of the molecule is CN(C(=O)c1ccc(SC(F)F)cc1)C1CCc2ccccc21. The van der Waals surface area contributed by atoms with Gasteiger partial charge in [-0.15, -0.1) is 0 Å². The molecule has 0 saturated carbocycles. The topological polar surface area (TPSA) is 20.3 Å². The van der Waals surface area contributed by atoms with Crippen LogP contribution in [0.5, 0.6) is 0 Å². The summed E-state index contributed by atoms with van der Waals surface area (Å²) >= 11 is 0.485. The van der Waals surface area contributed by atoms with Crippen LogP contribution in [-0.4, -0.2) is 23.6 Å². The maximum atomic E-state index is 12.6. The van der Waals surface area contributed by atoms with Gasteiger partial charge in [0.25, 0.3) is 11.7 Å². The Hall–Kier alpha value is -1.88. The minimum absolute atomic E-state index is 0.0776. The first-order valence-electron chi connectivity index (χ1n) is 7.46. The molecule has 1 amide bonds. The van der Waals surface area contributed by atoms with Gasteiger partial charge in [0.1, 0.15) is 0 Å². The molecule has 2 aromatic rings. The fourth-order valence-electron chi connectivity index (χ4n) is 3.06. The molecule has 0 aromatic heterocycles. The van der Waals surface area contributed by atoms with Gasteiger partial charge in [-0.3, -0.25) is 4.79 Å². The van der Waals surface area contributed by atoms with Crippen LogP contribution >= 0.6 is 11.8 Å². The zero-order valence-corrected chi connectivity index (χ0v) is 13.5. The number of rotatable bonds is 4. The Bertz CT molecular complexity index is 702. The van der Waals surface area contributed by atoms with Gasteiger partial charge >= 0.3 is 0 Å². The van der Waals surface area contributed by atoms with Crippen LogP contribution in [0.3, 0.4) is 0 Å². The third-order valence-electron chi connectivity index (χ3n) is 4.22. The number of nitrogens with zero attached hydrogens (tertiary/aromatic N) is 1. The average molecular weight is 333 g/mol. The zero-order chi connectivity index (χ0) is 16.4. The first kappa shape index (κ1) is 16.0. The van der Waals surface area contributed by atoms with Gasteiger partial charge in [0.05, 0.1) is 6.04 Å². The van der Waals surface area contributed by atoms with Crippen molar-refractivity contribution in [1.82, 2.24) is 4.90 Å². The van der Waals surface area contributed by atoms with E-state index in [1.54, 1.807) is 36.2 Å². The number of benzene rings is 2. The standard InChI is InChI=1S/C18H17F2NOS/c1-21(16-11-8-12-4-2-3-5-15(12)16)17(22)13-6-9-14(10-7-13)23-18(19)20/h2-7,9-10,16,18H,8,11H2,1H3. The van der Waals surface area contributed by atoms with Gasteiger partial charge in [-0.25, -0.2) is 0 Å². The molecule has 0 heterocycles. The van der Waals surface area contributed by atoms with Gasteiger partial charge in [0.15, 0.2) is 0 Å². The number of halogens is 2. The van der Waals surface area contributed by atoms with Crippen LogP contribution in [0.4, 0.5) is 8.78 Å². The van der Waals surface area contributed by atoms with Crippen molar-refractivity contribution < 1.29 is 13.6 Å². The maximum Gasteiger partial charge on any atom is 0.288 e. The number of thioether (sulfide) groups is 1. The molecule has 120 valence electrons. The van der Waals surface area contributed by atoms with Crippen LogP contribution in [0, 0.1) is 0 Å². The number of carbonyl (C=O) groups excluding carboxylic acids is 1. The minimum atomic E-state index is -2.45. The lowest BCUT2D eigenvalue weighted by Crippen LogP contribution is -2.30. The highest BCUT2D eigenvalue weighted by Crippen LogP contribution is 2.35. The van der Waals surface area contributed by atoms with E-state index >= 15 is 0 Å². The Kier molecular flexibility index (Phi) is 4.66. The predicted molar refractivity (Wildman–Crippen MR) is 87.9 cm³/mol. The normalized spacial score (nSPS) is 16.4. The van der Waals surface area contributed by atoms with Crippen LogP contribution in [0.1, 0.15) is 33.9 Å². The second-order valence-electron chi connectivity index (χ2n) is 5.57. The third kappa shape index (κ3) is 3.39. The summed E-state index contributed by atoms with van der Waals surface area (Å²) in [4.78, 5) is 14.9. The van der Waals surface area contributed by atoms with Gasteiger partial charge in [-0.2, -0.15) is 8.78 Å². The fraction of sp³-hybridized carbons (Fsp3) is 0.278. The van der Waals surface area contributed by atoms with Crippen molar-refractivity contribution >= 4 is 17.7 Å². The zero-order valence-electron chi connectivity index (χ0n) is 12.7. The van der Waals surface area contributed by atoms with E-state index in [1.807, 2.05) is 12.1 Å². The Morgan fingerprint density at radius 1 is 1.17 bits per heavy atom. The molecule has 2 nitrogen and oxygen atoms in total. The molecule has 1 aliphatic rings. The summed E-state index contributed by atoms with van der Waals surface area (Å²) < 4.78 is 24.7. The van der Waals surface area contributed by atoms with Gasteiger partial charge < -0.3 is 4.90 Å². The molecule has 0 N–H and O–H groups in total. The Balaban J connectivity index is 1.75. The summed E-state index contributed by atoms with van der Waals surface area (Å²) in [6.45, 7) is 0. The highest BCUT2D eigenvalue weighted by Gasteiger charge is 2.28. The van der Waals surface area contributed by atoms with E-state index in [2.05, 4.69) is 12.1 Å². The van der Waals surface area contributed by atoms with Crippen molar-refractivity contribution in [1.29, 1.82) is 0 Å². The van der Waals surface area contributed by atoms with Gasteiger partial charge in [-0.1, -0.05) is 36.0 Å². The monoisotopic (exact) mass is 333 g/mol. The first-order chi connectivity index (χ1) is 11.1. The number of hydrogen-bond donors (Lipinski definition) is 0. The third-order valence-corrected chi connectivity index (χ3v) is 4.94. The molecule has 3 rings (SSSR count). The molecule has 23 heavy (non-hydrogen) atoms. The number of hydrogen-bond acceptors (Lipinski definition) is 2. The quantitative estimate of drug-likeness (QED) is 0.752. The van der Waals surface area contributed by atoms with Crippen LogP contribution in [0.25, 0.3) is 0 Å². The molecule has 0 aliphatic heterocycles. The van der Waals surface area contributed by atoms with E-state index in [0.29, 0.717) is 22.2 Å². The van der Waals surface area contributed by atoms with Crippen molar-refractivity contribution in [3.8, 4) is 0 Å². The lowest BCUT2D eigenvalue weighted by Gasteiger charge is -2.25. The summed E-state index contributed by atoms with van der Waals surface area (Å²) in [6, 6.07) is 14.6. The Labute approximate surface area is 138 Å². The average Bonchev–Trinajstić information content (AvgIpc) is 2.97. The van der Waals surface area contributed by atoms with E-state index in [-0.39, 0.29) is 11.9 Å². The Morgan fingerprint density at radius 3 is 2.57 bits per heavy atom. The fourth-order valence-corrected chi connectivity index (χ4v) is 3.56.